The number of carbonyl (C=O) groups excluding carboxylic acids is 3. The molecule has 0 unspecified atom stereocenters. The van der Waals surface area contributed by atoms with Gasteiger partial charge in [0.25, 0.3) is 17.7 Å². The average molecular weight is 484 g/mol. The Morgan fingerprint density at radius 3 is 2.42 bits per heavy atom. The summed E-state index contributed by atoms with van der Waals surface area (Å²) < 4.78 is 10.2. The first-order chi connectivity index (χ1) is 17.4. The lowest BCUT2D eigenvalue weighted by molar-refractivity contribution is 0.0642. The summed E-state index contributed by atoms with van der Waals surface area (Å²) in [5.74, 6) is -1.30. The smallest absolute Gasteiger partial charge is 0.439 e. The lowest BCUT2D eigenvalue weighted by atomic mass is 10.1. The number of fused-ring (bicyclic) bond motifs is 1. The second-order valence-corrected chi connectivity index (χ2v) is 7.98. The molecule has 0 bridgehead atoms. The van der Waals surface area contributed by atoms with E-state index in [0.717, 1.165) is 4.90 Å². The molecule has 0 aliphatic carbocycles. The second-order valence-electron chi connectivity index (χ2n) is 7.98. The molecule has 2 heterocycles. The first-order valence-electron chi connectivity index (χ1n) is 11.1. The molecule has 180 valence electrons. The molecule has 3 aromatic carbocycles. The highest BCUT2D eigenvalue weighted by molar-refractivity contribution is 6.21. The van der Waals surface area contributed by atoms with Crippen LogP contribution in [0.4, 0.5) is 5.69 Å². The fourth-order valence-electron chi connectivity index (χ4n) is 4.00. The number of anilines is 1. The Balaban J connectivity index is 1.40. The maximum absolute atomic E-state index is 13.2. The van der Waals surface area contributed by atoms with Crippen molar-refractivity contribution in [1.29, 1.82) is 0 Å². The highest BCUT2D eigenvalue weighted by Gasteiger charge is 2.35. The fourth-order valence-corrected chi connectivity index (χ4v) is 4.00. The van der Waals surface area contributed by atoms with E-state index in [9.17, 15) is 19.2 Å². The van der Waals surface area contributed by atoms with Gasteiger partial charge in [-0.25, -0.2) is 4.79 Å². The van der Waals surface area contributed by atoms with Crippen molar-refractivity contribution in [3.05, 3.63) is 99.5 Å². The van der Waals surface area contributed by atoms with Crippen LogP contribution in [0.5, 0.6) is 5.75 Å². The third-order valence-electron chi connectivity index (χ3n) is 5.64. The number of amides is 3. The van der Waals surface area contributed by atoms with E-state index in [-0.39, 0.29) is 29.7 Å². The molecule has 0 spiro atoms. The van der Waals surface area contributed by atoms with Gasteiger partial charge in [-0.15, -0.1) is 0 Å². The number of rotatable bonds is 7. The summed E-state index contributed by atoms with van der Waals surface area (Å²) in [5.41, 5.74) is 2.55. The average Bonchev–Trinajstić information content (AvgIpc) is 3.42. The normalized spacial score (nSPS) is 12.5. The van der Waals surface area contributed by atoms with E-state index < -0.39 is 11.7 Å². The highest BCUT2D eigenvalue weighted by Crippen LogP contribution is 2.27. The molecule has 4 aromatic rings. The number of benzene rings is 3. The van der Waals surface area contributed by atoms with Crippen LogP contribution in [0.15, 0.2) is 76.0 Å². The number of nitrogens with zero attached hydrogens (tertiary/aromatic N) is 2. The van der Waals surface area contributed by atoms with Gasteiger partial charge >= 0.3 is 5.76 Å². The zero-order valence-corrected chi connectivity index (χ0v) is 19.1. The minimum absolute atomic E-state index is 0.00798. The summed E-state index contributed by atoms with van der Waals surface area (Å²) in [6.45, 7) is 2.15. The van der Waals surface area contributed by atoms with Crippen molar-refractivity contribution < 1.29 is 23.6 Å². The molecule has 1 aliphatic heterocycles. The predicted molar refractivity (Wildman–Crippen MR) is 129 cm³/mol. The van der Waals surface area contributed by atoms with Crippen molar-refractivity contribution in [2.45, 2.75) is 13.5 Å². The molecule has 5 rings (SSSR count). The molecule has 2 N–H and O–H groups in total. The summed E-state index contributed by atoms with van der Waals surface area (Å²) in [6, 6.07) is 18.3. The number of hydrogen-bond donors (Lipinski definition) is 2. The number of carbonyl (C=O) groups is 3. The van der Waals surface area contributed by atoms with Crippen LogP contribution >= 0.6 is 0 Å². The molecular weight excluding hydrogens is 464 g/mol. The van der Waals surface area contributed by atoms with Gasteiger partial charge in [0.2, 0.25) is 0 Å². The van der Waals surface area contributed by atoms with Gasteiger partial charge in [-0.1, -0.05) is 35.5 Å². The van der Waals surface area contributed by atoms with Crippen LogP contribution < -0.4 is 15.8 Å². The monoisotopic (exact) mass is 484 g/mol. The Morgan fingerprint density at radius 2 is 1.75 bits per heavy atom. The van der Waals surface area contributed by atoms with Gasteiger partial charge in [0.05, 0.1) is 29.8 Å². The first kappa shape index (κ1) is 22.8. The van der Waals surface area contributed by atoms with E-state index in [1.807, 2.05) is 0 Å². The maximum Gasteiger partial charge on any atom is 0.439 e. The summed E-state index contributed by atoms with van der Waals surface area (Å²) >= 11 is 0. The van der Waals surface area contributed by atoms with Crippen LogP contribution in [-0.4, -0.2) is 39.4 Å². The molecule has 10 heteroatoms. The van der Waals surface area contributed by atoms with Crippen LogP contribution in [0, 0.1) is 0 Å². The predicted octanol–water partition coefficient (Wildman–Crippen LogP) is 3.48. The SMILES string of the molecule is CCOc1ccc(CN2C(=O)c3ccccc3C2=O)cc1C(=O)Nc1cccc(-c2noc(=O)[nH]2)c1. The van der Waals surface area contributed by atoms with Crippen LogP contribution in [0.1, 0.15) is 43.6 Å². The summed E-state index contributed by atoms with van der Waals surface area (Å²) in [4.78, 5) is 53.6. The number of nitrogens with one attached hydrogen (secondary N) is 2. The third-order valence-corrected chi connectivity index (χ3v) is 5.64. The third kappa shape index (κ3) is 4.27. The van der Waals surface area contributed by atoms with Gasteiger partial charge in [0.1, 0.15) is 5.75 Å². The van der Waals surface area contributed by atoms with Crippen molar-refractivity contribution >= 4 is 23.4 Å². The molecular formula is C26H20N4O6. The van der Waals surface area contributed by atoms with Gasteiger partial charge in [-0.2, -0.15) is 0 Å². The van der Waals surface area contributed by atoms with Crippen molar-refractivity contribution in [2.75, 3.05) is 11.9 Å². The molecule has 0 fully saturated rings. The van der Waals surface area contributed by atoms with Gasteiger partial charge in [0, 0.05) is 11.3 Å². The van der Waals surface area contributed by atoms with Crippen molar-refractivity contribution in [3.63, 3.8) is 0 Å². The second kappa shape index (κ2) is 9.34. The Kier molecular flexibility index (Phi) is 5.91. The van der Waals surface area contributed by atoms with Gasteiger partial charge < -0.3 is 10.1 Å². The Morgan fingerprint density at radius 1 is 1.00 bits per heavy atom. The molecule has 3 amide bonds. The first-order valence-corrected chi connectivity index (χ1v) is 11.1. The summed E-state index contributed by atoms with van der Waals surface area (Å²) in [5, 5.41) is 6.46. The van der Waals surface area contributed by atoms with Crippen LogP contribution in [0.3, 0.4) is 0 Å². The largest absolute Gasteiger partial charge is 0.493 e. The Labute approximate surface area is 204 Å². The number of aromatic nitrogens is 2. The van der Waals surface area contributed by atoms with E-state index >= 15 is 0 Å². The zero-order chi connectivity index (χ0) is 25.2. The van der Waals surface area contributed by atoms with Crippen molar-refractivity contribution in [1.82, 2.24) is 15.0 Å². The van der Waals surface area contributed by atoms with Crippen LogP contribution in [0.25, 0.3) is 11.4 Å². The Bertz CT molecular complexity index is 1520. The molecule has 36 heavy (non-hydrogen) atoms. The molecule has 10 nitrogen and oxygen atoms in total. The topological polar surface area (TPSA) is 135 Å². The zero-order valence-electron chi connectivity index (χ0n) is 19.1. The number of H-pyrrole nitrogens is 1. The molecule has 0 atom stereocenters. The number of hydrogen-bond acceptors (Lipinski definition) is 7. The van der Waals surface area contributed by atoms with E-state index in [4.69, 9.17) is 4.74 Å². The standard InChI is InChI=1S/C26H20N4O6/c1-2-35-21-11-10-15(14-30-24(32)18-8-3-4-9-19(18)25(30)33)12-20(21)23(31)27-17-7-5-6-16(13-17)22-28-26(34)36-29-22/h3-13H,2,14H2,1H3,(H,27,31)(H,28,29,34). The molecule has 0 saturated carbocycles. The lowest BCUT2D eigenvalue weighted by Gasteiger charge is -2.16. The molecule has 0 radical (unpaired) electrons. The quantitative estimate of drug-likeness (QED) is 0.384. The minimum Gasteiger partial charge on any atom is -0.493 e. The maximum atomic E-state index is 13.2. The highest BCUT2D eigenvalue weighted by atomic mass is 16.5. The van der Waals surface area contributed by atoms with E-state index in [1.54, 1.807) is 73.7 Å². The molecule has 1 aliphatic rings. The number of imide groups is 1. The van der Waals surface area contributed by atoms with Gasteiger partial charge in [0.15, 0.2) is 5.82 Å². The van der Waals surface area contributed by atoms with Crippen molar-refractivity contribution in [2.24, 2.45) is 0 Å². The van der Waals surface area contributed by atoms with E-state index in [1.165, 1.54) is 0 Å². The fraction of sp³-hybridized carbons (Fsp3) is 0.115. The minimum atomic E-state index is -0.685. The van der Waals surface area contributed by atoms with Gasteiger partial charge in [-0.3, -0.25) is 28.8 Å². The lowest BCUT2D eigenvalue weighted by Crippen LogP contribution is -2.29. The van der Waals surface area contributed by atoms with Crippen molar-refractivity contribution in [3.8, 4) is 17.1 Å². The summed E-state index contributed by atoms with van der Waals surface area (Å²) in [7, 11) is 0. The summed E-state index contributed by atoms with van der Waals surface area (Å²) in [6.07, 6.45) is 0. The number of aromatic amines is 1. The van der Waals surface area contributed by atoms with Crippen LogP contribution in [0.2, 0.25) is 0 Å². The molecule has 1 aromatic heterocycles. The van der Waals surface area contributed by atoms with Crippen LogP contribution in [-0.2, 0) is 6.54 Å². The van der Waals surface area contributed by atoms with Gasteiger partial charge in [-0.05, 0) is 48.9 Å². The number of ether oxygens (including phenoxy) is 1. The van der Waals surface area contributed by atoms with E-state index in [0.29, 0.717) is 40.3 Å². The van der Waals surface area contributed by atoms with E-state index in [2.05, 4.69) is 20.0 Å². The Hall–Kier alpha value is -4.99. The molecule has 0 saturated heterocycles.